The minimum Gasteiger partial charge on any atom is -0.358 e. The van der Waals surface area contributed by atoms with E-state index in [1.165, 1.54) is 23.7 Å². The van der Waals surface area contributed by atoms with Crippen LogP contribution in [0.4, 0.5) is 11.5 Å². The summed E-state index contributed by atoms with van der Waals surface area (Å²) in [5.41, 5.74) is 1.89. The van der Waals surface area contributed by atoms with Crippen molar-refractivity contribution in [2.75, 3.05) is 11.9 Å². The second-order valence-corrected chi connectivity index (χ2v) is 4.78. The van der Waals surface area contributed by atoms with Gasteiger partial charge in [0.25, 0.3) is 5.91 Å². The fourth-order valence-electron chi connectivity index (χ4n) is 2.15. The molecule has 2 rings (SSSR count). The van der Waals surface area contributed by atoms with Gasteiger partial charge in [-0.1, -0.05) is 25.1 Å². The maximum absolute atomic E-state index is 12.3. The normalized spacial score (nSPS) is 10.5. The molecule has 0 aliphatic rings. The lowest BCUT2D eigenvalue weighted by atomic mass is 10.1. The molecule has 0 saturated carbocycles. The molecule has 7 heteroatoms. The monoisotopic (exact) mass is 302 g/mol. The van der Waals surface area contributed by atoms with Crippen LogP contribution in [0.5, 0.6) is 0 Å². The molecule has 0 bridgehead atoms. The van der Waals surface area contributed by atoms with Gasteiger partial charge >= 0.3 is 5.82 Å². The van der Waals surface area contributed by atoms with Crippen molar-refractivity contribution in [3.05, 3.63) is 57.8 Å². The summed E-state index contributed by atoms with van der Waals surface area (Å²) < 4.78 is 1.27. The predicted molar refractivity (Wildman–Crippen MR) is 83.8 cm³/mol. The molecule has 0 aliphatic heterocycles. The summed E-state index contributed by atoms with van der Waals surface area (Å²) in [6.45, 7) is 3.47. The number of anilines is 1. The number of hydrogen-bond acceptors (Lipinski definition) is 4. The largest absolute Gasteiger partial charge is 0.358 e. The quantitative estimate of drug-likeness (QED) is 0.633. The fraction of sp³-hybridized carbons (Fsp3) is 0.267. The number of aromatic nitrogens is 1. The van der Waals surface area contributed by atoms with Crippen LogP contribution >= 0.6 is 0 Å². The Labute approximate surface area is 128 Å². The van der Waals surface area contributed by atoms with E-state index in [4.69, 9.17) is 0 Å². The van der Waals surface area contributed by atoms with Crippen molar-refractivity contribution in [3.8, 4) is 0 Å². The number of carbonyl (C=O) groups is 1. The van der Waals surface area contributed by atoms with Gasteiger partial charge in [0.2, 0.25) is 0 Å². The Kier molecular flexibility index (Phi) is 4.90. The molecule has 2 aromatic rings. The Balaban J connectivity index is 2.21. The summed E-state index contributed by atoms with van der Waals surface area (Å²) in [6.07, 6.45) is 0. The zero-order chi connectivity index (χ0) is 16.1. The van der Waals surface area contributed by atoms with Crippen molar-refractivity contribution in [2.24, 2.45) is 7.05 Å². The average Bonchev–Trinajstić information content (AvgIpc) is 2.88. The van der Waals surface area contributed by atoms with Gasteiger partial charge in [0, 0.05) is 18.3 Å². The molecule has 1 amide bonds. The van der Waals surface area contributed by atoms with Crippen LogP contribution in [0.2, 0.25) is 0 Å². The molecule has 0 radical (unpaired) electrons. The van der Waals surface area contributed by atoms with Gasteiger partial charge in [-0.25, -0.2) is 4.57 Å². The third kappa shape index (κ3) is 3.32. The van der Waals surface area contributed by atoms with Gasteiger partial charge in [0.05, 0.1) is 7.05 Å². The van der Waals surface area contributed by atoms with E-state index in [-0.39, 0.29) is 17.4 Å². The van der Waals surface area contributed by atoms with Gasteiger partial charge in [-0.15, -0.1) is 0 Å². The maximum Gasteiger partial charge on any atom is 0.323 e. The Bertz CT molecular complexity index is 694. The predicted octanol–water partition coefficient (Wildman–Crippen LogP) is 2.30. The van der Waals surface area contributed by atoms with Crippen molar-refractivity contribution < 1.29 is 9.72 Å². The summed E-state index contributed by atoms with van der Waals surface area (Å²) >= 11 is 0. The molecule has 0 saturated heterocycles. The van der Waals surface area contributed by atoms with Crippen LogP contribution in [0.25, 0.3) is 0 Å². The molecule has 1 aromatic heterocycles. The highest BCUT2D eigenvalue weighted by molar-refractivity contribution is 6.03. The molecule has 22 heavy (non-hydrogen) atoms. The summed E-state index contributed by atoms with van der Waals surface area (Å²) in [5, 5.41) is 16.8. The summed E-state index contributed by atoms with van der Waals surface area (Å²) in [4.78, 5) is 22.6. The zero-order valence-electron chi connectivity index (χ0n) is 12.5. The fourth-order valence-corrected chi connectivity index (χ4v) is 2.15. The first kappa shape index (κ1) is 15.7. The van der Waals surface area contributed by atoms with Crippen LogP contribution in [0.15, 0.2) is 36.4 Å². The van der Waals surface area contributed by atoms with E-state index in [1.54, 1.807) is 0 Å². The first-order valence-electron chi connectivity index (χ1n) is 6.94. The minimum atomic E-state index is -0.518. The van der Waals surface area contributed by atoms with Crippen molar-refractivity contribution in [1.82, 2.24) is 9.88 Å². The lowest BCUT2D eigenvalue weighted by Gasteiger charge is -2.10. The van der Waals surface area contributed by atoms with Gasteiger partial charge in [0.1, 0.15) is 0 Å². The van der Waals surface area contributed by atoms with Gasteiger partial charge in [-0.05, 0) is 29.2 Å². The average molecular weight is 302 g/mol. The number of nitrogens with one attached hydrogen (secondary N) is 2. The highest BCUT2D eigenvalue weighted by atomic mass is 16.6. The van der Waals surface area contributed by atoms with Crippen molar-refractivity contribution >= 4 is 17.4 Å². The molecule has 1 heterocycles. The first-order valence-corrected chi connectivity index (χ1v) is 6.94. The zero-order valence-corrected chi connectivity index (χ0v) is 12.5. The molecule has 116 valence electrons. The Morgan fingerprint density at radius 1 is 1.27 bits per heavy atom. The number of benzene rings is 1. The molecule has 7 nitrogen and oxygen atoms in total. The van der Waals surface area contributed by atoms with Crippen LogP contribution in [0, 0.1) is 10.1 Å². The van der Waals surface area contributed by atoms with Crippen molar-refractivity contribution in [2.45, 2.75) is 13.5 Å². The van der Waals surface area contributed by atoms with Crippen LogP contribution in [0.1, 0.15) is 23.0 Å². The van der Waals surface area contributed by atoms with E-state index < -0.39 is 4.92 Å². The van der Waals surface area contributed by atoms with E-state index >= 15 is 0 Å². The topological polar surface area (TPSA) is 89.2 Å². The summed E-state index contributed by atoms with van der Waals surface area (Å²) in [5.74, 6) is -0.495. The first-order chi connectivity index (χ1) is 10.5. The number of hydrogen-bond donors (Lipinski definition) is 2. The Hall–Kier alpha value is -2.67. The third-order valence-corrected chi connectivity index (χ3v) is 3.35. The van der Waals surface area contributed by atoms with Gasteiger partial charge < -0.3 is 20.7 Å². The minimum absolute atomic E-state index is 0.119. The third-order valence-electron chi connectivity index (χ3n) is 3.35. The van der Waals surface area contributed by atoms with Crippen LogP contribution < -0.4 is 10.6 Å². The molecule has 0 fully saturated rings. The molecule has 0 atom stereocenters. The number of para-hydroxylation sites is 1. The molecular weight excluding hydrogens is 284 g/mol. The second kappa shape index (κ2) is 6.86. The lowest BCUT2D eigenvalue weighted by Crippen LogP contribution is -2.19. The molecule has 1 aromatic carbocycles. The van der Waals surface area contributed by atoms with E-state index in [1.807, 2.05) is 31.2 Å². The van der Waals surface area contributed by atoms with Gasteiger partial charge in [0.15, 0.2) is 5.69 Å². The van der Waals surface area contributed by atoms with E-state index in [2.05, 4.69) is 10.6 Å². The molecule has 0 aliphatic carbocycles. The van der Waals surface area contributed by atoms with Crippen molar-refractivity contribution in [1.29, 1.82) is 0 Å². The van der Waals surface area contributed by atoms with Crippen LogP contribution in [-0.4, -0.2) is 21.9 Å². The number of nitro groups is 1. The molecule has 0 spiro atoms. The molecule has 0 unspecified atom stereocenters. The second-order valence-electron chi connectivity index (χ2n) is 4.78. The lowest BCUT2D eigenvalue weighted by molar-refractivity contribution is -0.391. The summed E-state index contributed by atoms with van der Waals surface area (Å²) in [6, 6.07) is 10.2. The Morgan fingerprint density at radius 2 is 2.00 bits per heavy atom. The van der Waals surface area contributed by atoms with E-state index in [9.17, 15) is 14.9 Å². The smallest absolute Gasteiger partial charge is 0.323 e. The standard InChI is InChI=1S/C15H18N4O3/c1-3-16-10-11-6-4-5-7-12(11)17-15(20)13-8-9-14(18(13)2)19(21)22/h4-9,16H,3,10H2,1-2H3,(H,17,20). The highest BCUT2D eigenvalue weighted by Crippen LogP contribution is 2.19. The maximum atomic E-state index is 12.3. The van der Waals surface area contributed by atoms with Crippen LogP contribution in [0.3, 0.4) is 0 Å². The van der Waals surface area contributed by atoms with Gasteiger partial charge in [-0.3, -0.25) is 4.79 Å². The Morgan fingerprint density at radius 3 is 2.64 bits per heavy atom. The highest BCUT2D eigenvalue weighted by Gasteiger charge is 2.21. The number of amides is 1. The SMILES string of the molecule is CCNCc1ccccc1NC(=O)c1ccc([N+](=O)[O-])n1C. The molecular formula is C15H18N4O3. The number of rotatable bonds is 6. The van der Waals surface area contributed by atoms with Gasteiger partial charge in [-0.2, -0.15) is 0 Å². The summed E-state index contributed by atoms with van der Waals surface area (Å²) in [7, 11) is 1.50. The van der Waals surface area contributed by atoms with Crippen molar-refractivity contribution in [3.63, 3.8) is 0 Å². The van der Waals surface area contributed by atoms with E-state index in [0.29, 0.717) is 12.2 Å². The molecule has 2 N–H and O–H groups in total. The van der Waals surface area contributed by atoms with E-state index in [0.717, 1.165) is 12.1 Å². The number of nitrogens with zero attached hydrogens (tertiary/aromatic N) is 2. The van der Waals surface area contributed by atoms with Crippen LogP contribution in [-0.2, 0) is 13.6 Å². The number of carbonyl (C=O) groups excluding carboxylic acids is 1.